The van der Waals surface area contributed by atoms with Crippen molar-refractivity contribution in [2.45, 2.75) is 19.4 Å². The number of aryl methyl sites for hydroxylation is 1. The molecule has 0 aliphatic carbocycles. The Balaban J connectivity index is 2.73. The van der Waals surface area contributed by atoms with Gasteiger partial charge in [-0.3, -0.25) is 9.59 Å². The molecule has 1 unspecified atom stereocenters. The highest BCUT2D eigenvalue weighted by Crippen LogP contribution is 2.17. The van der Waals surface area contributed by atoms with Crippen LogP contribution < -0.4 is 16.4 Å². The van der Waals surface area contributed by atoms with E-state index >= 15 is 0 Å². The fourth-order valence-electron chi connectivity index (χ4n) is 1.69. The number of thioether (sulfide) groups is 1. The van der Waals surface area contributed by atoms with Crippen molar-refractivity contribution in [2.75, 3.05) is 24.4 Å². The number of hydrogen-bond acceptors (Lipinski definition) is 4. The van der Waals surface area contributed by atoms with Gasteiger partial charge in [-0.2, -0.15) is 11.8 Å². The topological polar surface area (TPSA) is 84.2 Å². The summed E-state index contributed by atoms with van der Waals surface area (Å²) in [5, 5.41) is 5.36. The third-order valence-corrected chi connectivity index (χ3v) is 3.59. The average Bonchev–Trinajstić information content (AvgIpc) is 2.45. The highest BCUT2D eigenvalue weighted by Gasteiger charge is 2.14. The van der Waals surface area contributed by atoms with Gasteiger partial charge in [0.1, 0.15) is 0 Å². The van der Waals surface area contributed by atoms with Crippen LogP contribution in [-0.2, 0) is 4.79 Å². The van der Waals surface area contributed by atoms with Gasteiger partial charge in [-0.25, -0.2) is 0 Å². The van der Waals surface area contributed by atoms with E-state index in [-0.39, 0.29) is 11.8 Å². The lowest BCUT2D eigenvalue weighted by molar-refractivity contribution is -0.117. The van der Waals surface area contributed by atoms with E-state index in [2.05, 4.69) is 10.6 Å². The molecule has 0 saturated carbocycles. The maximum Gasteiger partial charge on any atom is 0.251 e. The Labute approximate surface area is 123 Å². The van der Waals surface area contributed by atoms with E-state index < -0.39 is 6.04 Å². The zero-order chi connectivity index (χ0) is 15.1. The molecule has 110 valence electrons. The van der Waals surface area contributed by atoms with Crippen LogP contribution in [0, 0.1) is 6.92 Å². The Bertz CT molecular complexity index is 491. The average molecular weight is 295 g/mol. The van der Waals surface area contributed by atoms with Gasteiger partial charge in [0.2, 0.25) is 5.91 Å². The van der Waals surface area contributed by atoms with Gasteiger partial charge in [0.05, 0.1) is 6.04 Å². The monoisotopic (exact) mass is 295 g/mol. The minimum atomic E-state index is -0.513. The molecule has 0 bridgehead atoms. The number of carbonyl (C=O) groups is 2. The molecule has 20 heavy (non-hydrogen) atoms. The summed E-state index contributed by atoms with van der Waals surface area (Å²) in [7, 11) is 1.58. The lowest BCUT2D eigenvalue weighted by atomic mass is 10.1. The third kappa shape index (κ3) is 4.54. The highest BCUT2D eigenvalue weighted by atomic mass is 32.2. The van der Waals surface area contributed by atoms with Crippen LogP contribution in [0.2, 0.25) is 0 Å². The van der Waals surface area contributed by atoms with Crippen LogP contribution >= 0.6 is 11.8 Å². The van der Waals surface area contributed by atoms with E-state index in [9.17, 15) is 9.59 Å². The molecule has 4 N–H and O–H groups in total. The second-order valence-corrected chi connectivity index (χ2v) is 5.47. The molecule has 2 amide bonds. The molecule has 0 heterocycles. The van der Waals surface area contributed by atoms with Crippen molar-refractivity contribution < 1.29 is 9.59 Å². The summed E-state index contributed by atoms with van der Waals surface area (Å²) >= 11 is 1.66. The van der Waals surface area contributed by atoms with Crippen molar-refractivity contribution >= 4 is 29.3 Å². The molecular formula is C14H21N3O2S. The summed E-state index contributed by atoms with van der Waals surface area (Å²) in [5.74, 6) is 0.501. The molecule has 0 saturated heterocycles. The van der Waals surface area contributed by atoms with Gasteiger partial charge < -0.3 is 16.4 Å². The molecule has 0 spiro atoms. The molecule has 1 rings (SSSR count). The number of benzene rings is 1. The van der Waals surface area contributed by atoms with Crippen LogP contribution in [0.15, 0.2) is 18.2 Å². The van der Waals surface area contributed by atoms with E-state index in [1.165, 1.54) is 0 Å². The van der Waals surface area contributed by atoms with Gasteiger partial charge in [-0.15, -0.1) is 0 Å². The minimum Gasteiger partial charge on any atom is -0.355 e. The quantitative estimate of drug-likeness (QED) is 0.740. The predicted molar refractivity (Wildman–Crippen MR) is 84.2 cm³/mol. The van der Waals surface area contributed by atoms with Crippen LogP contribution in [0.1, 0.15) is 22.3 Å². The first-order valence-electron chi connectivity index (χ1n) is 6.37. The van der Waals surface area contributed by atoms with Crippen molar-refractivity contribution in [3.63, 3.8) is 0 Å². The van der Waals surface area contributed by atoms with Crippen LogP contribution in [0.4, 0.5) is 5.69 Å². The highest BCUT2D eigenvalue weighted by molar-refractivity contribution is 7.98. The standard InChI is InChI=1S/C14H21N3O2S/c1-9-8-10(13(18)16-2)4-5-12(9)17-14(19)11(15)6-7-20-3/h4-5,8,11H,6-7,15H2,1-3H3,(H,16,18)(H,17,19). The number of amides is 2. The normalized spacial score (nSPS) is 11.8. The summed E-state index contributed by atoms with van der Waals surface area (Å²) < 4.78 is 0. The second kappa shape index (κ2) is 7.91. The first-order chi connectivity index (χ1) is 9.49. The predicted octanol–water partition coefficient (Wildman–Crippen LogP) is 1.37. The second-order valence-electron chi connectivity index (χ2n) is 4.49. The van der Waals surface area contributed by atoms with Crippen LogP contribution in [-0.4, -0.2) is 36.9 Å². The van der Waals surface area contributed by atoms with Gasteiger partial charge >= 0.3 is 0 Å². The van der Waals surface area contributed by atoms with E-state index in [0.29, 0.717) is 17.7 Å². The Morgan fingerprint density at radius 1 is 1.40 bits per heavy atom. The lowest BCUT2D eigenvalue weighted by Gasteiger charge is -2.14. The fourth-order valence-corrected chi connectivity index (χ4v) is 2.18. The fraction of sp³-hybridized carbons (Fsp3) is 0.429. The minimum absolute atomic E-state index is 0.150. The van der Waals surface area contributed by atoms with Crippen LogP contribution in [0.25, 0.3) is 0 Å². The van der Waals surface area contributed by atoms with Gasteiger partial charge in [-0.1, -0.05) is 0 Å². The zero-order valence-corrected chi connectivity index (χ0v) is 12.8. The summed E-state index contributed by atoms with van der Waals surface area (Å²) in [6, 6.07) is 4.62. The number of carbonyl (C=O) groups excluding carboxylic acids is 2. The van der Waals surface area contributed by atoms with Gasteiger partial charge in [-0.05, 0) is 49.1 Å². The van der Waals surface area contributed by atoms with Crippen molar-refractivity contribution in [2.24, 2.45) is 5.73 Å². The van der Waals surface area contributed by atoms with Gasteiger partial charge in [0.25, 0.3) is 5.91 Å². The number of nitrogens with two attached hydrogens (primary N) is 1. The summed E-state index contributed by atoms with van der Waals surface area (Å²) in [6.07, 6.45) is 2.62. The van der Waals surface area contributed by atoms with Crippen molar-refractivity contribution in [3.8, 4) is 0 Å². The Hall–Kier alpha value is -1.53. The van der Waals surface area contributed by atoms with Gasteiger partial charge in [0, 0.05) is 18.3 Å². The lowest BCUT2D eigenvalue weighted by Crippen LogP contribution is -2.36. The molecule has 0 fully saturated rings. The smallest absolute Gasteiger partial charge is 0.251 e. The van der Waals surface area contributed by atoms with Crippen LogP contribution in [0.3, 0.4) is 0 Å². The largest absolute Gasteiger partial charge is 0.355 e. The maximum atomic E-state index is 11.9. The molecule has 1 aromatic carbocycles. The van der Waals surface area contributed by atoms with Crippen LogP contribution in [0.5, 0.6) is 0 Å². The van der Waals surface area contributed by atoms with E-state index in [0.717, 1.165) is 11.3 Å². The molecule has 0 aliphatic heterocycles. The molecule has 1 aromatic rings. The molecule has 0 radical (unpaired) electrons. The number of nitrogens with one attached hydrogen (secondary N) is 2. The summed E-state index contributed by atoms with van der Waals surface area (Å²) in [5.41, 5.74) is 7.89. The Morgan fingerprint density at radius 2 is 2.10 bits per heavy atom. The maximum absolute atomic E-state index is 11.9. The SMILES string of the molecule is CNC(=O)c1ccc(NC(=O)C(N)CCSC)c(C)c1. The Morgan fingerprint density at radius 3 is 2.65 bits per heavy atom. The van der Waals surface area contributed by atoms with Gasteiger partial charge in [0.15, 0.2) is 0 Å². The molecule has 1 atom stereocenters. The van der Waals surface area contributed by atoms with Crippen molar-refractivity contribution in [3.05, 3.63) is 29.3 Å². The van der Waals surface area contributed by atoms with E-state index in [1.807, 2.05) is 13.2 Å². The molecule has 6 heteroatoms. The van der Waals surface area contributed by atoms with E-state index in [4.69, 9.17) is 5.73 Å². The summed E-state index contributed by atoms with van der Waals surface area (Å²) in [4.78, 5) is 23.4. The zero-order valence-electron chi connectivity index (χ0n) is 12.0. The molecule has 5 nitrogen and oxygen atoms in total. The number of rotatable bonds is 6. The molecular weight excluding hydrogens is 274 g/mol. The van der Waals surface area contributed by atoms with Crippen molar-refractivity contribution in [1.29, 1.82) is 0 Å². The Kier molecular flexibility index (Phi) is 6.54. The first kappa shape index (κ1) is 16.5. The molecule has 0 aliphatic rings. The first-order valence-corrected chi connectivity index (χ1v) is 7.77. The number of hydrogen-bond donors (Lipinski definition) is 3. The summed E-state index contributed by atoms with van der Waals surface area (Å²) in [6.45, 7) is 1.84. The van der Waals surface area contributed by atoms with Crippen molar-refractivity contribution in [1.82, 2.24) is 5.32 Å². The third-order valence-electron chi connectivity index (χ3n) is 2.94. The number of anilines is 1. The molecule has 0 aromatic heterocycles. The van der Waals surface area contributed by atoms with E-state index in [1.54, 1.807) is 37.0 Å².